The van der Waals surface area contributed by atoms with E-state index in [-0.39, 0.29) is 5.76 Å². The summed E-state index contributed by atoms with van der Waals surface area (Å²) in [5, 5.41) is 13.3. The summed E-state index contributed by atoms with van der Waals surface area (Å²) in [6.07, 6.45) is 8.24. The van der Waals surface area contributed by atoms with Crippen LogP contribution in [0.3, 0.4) is 0 Å². The summed E-state index contributed by atoms with van der Waals surface area (Å²) >= 11 is 9.44. The van der Waals surface area contributed by atoms with E-state index < -0.39 is 0 Å². The van der Waals surface area contributed by atoms with Gasteiger partial charge in [-0.2, -0.15) is 0 Å². The van der Waals surface area contributed by atoms with Crippen molar-refractivity contribution in [3.8, 4) is 0 Å². The first-order valence-corrected chi connectivity index (χ1v) is 8.55. The molecule has 0 unspecified atom stereocenters. The molecule has 0 amide bonds. The van der Waals surface area contributed by atoms with Crippen molar-refractivity contribution in [3.05, 3.63) is 63.0 Å². The molecule has 0 aromatic carbocycles. The first kappa shape index (κ1) is 21.0. The number of methoxy groups -OCH3 is 1. The van der Waals surface area contributed by atoms with Crippen LogP contribution in [-0.2, 0) is 4.74 Å². The molecule has 1 aromatic heterocycles. The molecule has 25 heavy (non-hydrogen) atoms. The van der Waals surface area contributed by atoms with Crippen molar-refractivity contribution in [1.29, 1.82) is 0 Å². The normalized spacial score (nSPS) is 13.7. The number of ether oxygens (including phenoxy) is 1. The highest BCUT2D eigenvalue weighted by atomic mass is 79.9. The zero-order valence-electron chi connectivity index (χ0n) is 14.6. The number of aromatic nitrogens is 2. The van der Waals surface area contributed by atoms with Crippen molar-refractivity contribution in [2.75, 3.05) is 12.4 Å². The van der Waals surface area contributed by atoms with Gasteiger partial charge in [-0.05, 0) is 48.9 Å². The van der Waals surface area contributed by atoms with Gasteiger partial charge in [0.25, 0.3) is 0 Å². The maximum atomic E-state index is 9.58. The first-order valence-electron chi connectivity index (χ1n) is 7.38. The topological polar surface area (TPSA) is 67.3 Å². The van der Waals surface area contributed by atoms with E-state index >= 15 is 0 Å². The summed E-state index contributed by atoms with van der Waals surface area (Å²) in [4.78, 5) is 8.46. The zero-order chi connectivity index (χ0) is 19.0. The Morgan fingerprint density at radius 2 is 2.04 bits per heavy atom. The summed E-state index contributed by atoms with van der Waals surface area (Å²) in [5.41, 5.74) is 1.79. The third-order valence-corrected chi connectivity index (χ3v) is 4.30. The molecule has 0 saturated carbocycles. The van der Waals surface area contributed by atoms with Gasteiger partial charge in [0.1, 0.15) is 12.1 Å². The van der Waals surface area contributed by atoms with Crippen LogP contribution in [0.1, 0.15) is 32.0 Å². The molecule has 1 heterocycles. The number of allylic oxidation sites excluding steroid dienone is 6. The van der Waals surface area contributed by atoms with Crippen LogP contribution >= 0.6 is 27.5 Å². The van der Waals surface area contributed by atoms with E-state index in [0.29, 0.717) is 38.0 Å². The molecule has 0 fully saturated rings. The van der Waals surface area contributed by atoms with Crippen molar-refractivity contribution in [3.63, 3.8) is 0 Å². The molecule has 134 valence electrons. The van der Waals surface area contributed by atoms with E-state index in [1.807, 2.05) is 13.8 Å². The van der Waals surface area contributed by atoms with Gasteiger partial charge in [0.05, 0.1) is 29.4 Å². The van der Waals surface area contributed by atoms with Gasteiger partial charge >= 0.3 is 0 Å². The Bertz CT molecular complexity index is 764. The molecule has 1 rings (SSSR count). The molecule has 5 nitrogen and oxygen atoms in total. The Hall–Kier alpha value is -2.05. The molecule has 0 spiro atoms. The standard InChI is InChI=1S/C18H21BrClN3O2/c1-6-16(20)15(19)7-11(2)23-18-14(9-13(4)25-5)17(8-12(3)24)21-10-22-18/h6-10,24H,2H2,1,3-5H3,(H,21,22,23)/b12-8+,13-9+,15-7+,16-6+. The van der Waals surface area contributed by atoms with E-state index in [4.69, 9.17) is 16.3 Å². The van der Waals surface area contributed by atoms with Crippen LogP contribution in [0.15, 0.2) is 51.8 Å². The van der Waals surface area contributed by atoms with Gasteiger partial charge in [0, 0.05) is 21.8 Å². The highest BCUT2D eigenvalue weighted by molar-refractivity contribution is 9.12. The second-order valence-electron chi connectivity index (χ2n) is 5.05. The number of anilines is 1. The van der Waals surface area contributed by atoms with Crippen LogP contribution < -0.4 is 5.32 Å². The van der Waals surface area contributed by atoms with Gasteiger partial charge in [-0.25, -0.2) is 9.97 Å². The van der Waals surface area contributed by atoms with Crippen molar-refractivity contribution < 1.29 is 9.84 Å². The average Bonchev–Trinajstić information content (AvgIpc) is 2.55. The molecule has 0 saturated heterocycles. The molecule has 1 aromatic rings. The largest absolute Gasteiger partial charge is 0.513 e. The van der Waals surface area contributed by atoms with E-state index in [1.54, 1.807) is 38.3 Å². The molecule has 0 aliphatic carbocycles. The van der Waals surface area contributed by atoms with Crippen molar-refractivity contribution in [2.45, 2.75) is 20.8 Å². The van der Waals surface area contributed by atoms with Crippen LogP contribution in [0.2, 0.25) is 0 Å². The Kier molecular flexibility index (Phi) is 8.45. The Balaban J connectivity index is 3.31. The lowest BCUT2D eigenvalue weighted by Crippen LogP contribution is -2.04. The van der Waals surface area contributed by atoms with Gasteiger partial charge in [-0.15, -0.1) is 0 Å². The predicted octanol–water partition coefficient (Wildman–Crippen LogP) is 5.75. The molecule has 0 aliphatic rings. The van der Waals surface area contributed by atoms with Crippen molar-refractivity contribution >= 4 is 45.5 Å². The number of halogens is 2. The fourth-order valence-corrected chi connectivity index (χ4v) is 2.33. The summed E-state index contributed by atoms with van der Waals surface area (Å²) in [5.74, 6) is 1.33. The minimum absolute atomic E-state index is 0.135. The van der Waals surface area contributed by atoms with E-state index in [0.717, 1.165) is 0 Å². The number of hydrogen-bond acceptors (Lipinski definition) is 5. The maximum absolute atomic E-state index is 9.58. The van der Waals surface area contributed by atoms with Gasteiger partial charge < -0.3 is 15.2 Å². The molecule has 0 aliphatic heterocycles. The second-order valence-corrected chi connectivity index (χ2v) is 6.31. The molecular weight excluding hydrogens is 406 g/mol. The van der Waals surface area contributed by atoms with E-state index in [1.165, 1.54) is 6.33 Å². The number of hydrogen-bond donors (Lipinski definition) is 2. The van der Waals surface area contributed by atoms with Crippen molar-refractivity contribution in [1.82, 2.24) is 9.97 Å². The van der Waals surface area contributed by atoms with Crippen LogP contribution in [0.4, 0.5) is 5.82 Å². The summed E-state index contributed by atoms with van der Waals surface area (Å²) in [6, 6.07) is 0. The van der Waals surface area contributed by atoms with Crippen LogP contribution in [0.5, 0.6) is 0 Å². The van der Waals surface area contributed by atoms with Crippen molar-refractivity contribution in [2.24, 2.45) is 0 Å². The Labute approximate surface area is 161 Å². The minimum Gasteiger partial charge on any atom is -0.513 e. The SMILES string of the molecule is C=C(/C=C(Br)\C(Cl)=C/C)Nc1ncnc(/C=C(\C)O)c1/C=C(\C)OC. The highest BCUT2D eigenvalue weighted by Gasteiger charge is 2.10. The summed E-state index contributed by atoms with van der Waals surface area (Å²) in [6.45, 7) is 9.18. The Morgan fingerprint density at radius 3 is 2.60 bits per heavy atom. The quantitative estimate of drug-likeness (QED) is 0.429. The number of nitrogens with zero attached hydrogens (tertiary/aromatic N) is 2. The number of aliphatic hydroxyl groups excluding tert-OH is 1. The third kappa shape index (κ3) is 6.76. The van der Waals surface area contributed by atoms with Crippen LogP contribution in [0.25, 0.3) is 12.2 Å². The number of rotatable bonds is 7. The smallest absolute Gasteiger partial charge is 0.141 e. The molecule has 7 heteroatoms. The maximum Gasteiger partial charge on any atom is 0.141 e. The summed E-state index contributed by atoms with van der Waals surface area (Å²) < 4.78 is 5.91. The van der Waals surface area contributed by atoms with Gasteiger partial charge in [0.15, 0.2) is 0 Å². The van der Waals surface area contributed by atoms with Gasteiger partial charge in [-0.3, -0.25) is 0 Å². The second kappa shape index (κ2) is 10.1. The number of aliphatic hydroxyl groups is 1. The molecule has 0 radical (unpaired) electrons. The molecule has 2 N–H and O–H groups in total. The fraction of sp³-hybridized carbons (Fsp3) is 0.222. The van der Waals surface area contributed by atoms with Crippen LogP contribution in [-0.4, -0.2) is 22.2 Å². The third-order valence-electron chi connectivity index (χ3n) is 2.99. The van der Waals surface area contributed by atoms with Crippen LogP contribution in [0, 0.1) is 0 Å². The Morgan fingerprint density at radius 1 is 1.36 bits per heavy atom. The lowest BCUT2D eigenvalue weighted by Gasteiger charge is -2.12. The molecule has 0 bridgehead atoms. The monoisotopic (exact) mass is 425 g/mol. The molecular formula is C18H21BrClN3O2. The van der Waals surface area contributed by atoms with Gasteiger partial charge in [-0.1, -0.05) is 24.3 Å². The fourth-order valence-electron chi connectivity index (χ4n) is 1.77. The molecule has 0 atom stereocenters. The number of nitrogens with one attached hydrogen (secondary N) is 1. The zero-order valence-corrected chi connectivity index (χ0v) is 16.9. The lowest BCUT2D eigenvalue weighted by molar-refractivity contribution is 0.297. The predicted molar refractivity (Wildman–Crippen MR) is 108 cm³/mol. The van der Waals surface area contributed by atoms with Gasteiger partial charge in [0.2, 0.25) is 0 Å². The van der Waals surface area contributed by atoms with E-state index in [2.05, 4.69) is 37.8 Å². The lowest BCUT2D eigenvalue weighted by atomic mass is 10.1. The van der Waals surface area contributed by atoms with E-state index in [9.17, 15) is 5.11 Å². The highest BCUT2D eigenvalue weighted by Crippen LogP contribution is 2.25. The first-order chi connectivity index (χ1) is 11.8. The summed E-state index contributed by atoms with van der Waals surface area (Å²) in [7, 11) is 1.58. The average molecular weight is 427 g/mol. The minimum atomic E-state index is 0.135.